The smallest absolute Gasteiger partial charge is 0.413 e. The van der Waals surface area contributed by atoms with E-state index in [0.717, 1.165) is 0 Å². The van der Waals surface area contributed by atoms with E-state index in [4.69, 9.17) is 19.3 Å². The van der Waals surface area contributed by atoms with E-state index in [1.807, 2.05) is 0 Å². The Labute approximate surface area is 143 Å². The molecule has 0 aliphatic rings. The summed E-state index contributed by atoms with van der Waals surface area (Å²) in [7, 11) is -4.23. The van der Waals surface area contributed by atoms with Crippen molar-refractivity contribution in [3.63, 3.8) is 0 Å². The lowest BCUT2D eigenvalue weighted by atomic mass is 10.4. The van der Waals surface area contributed by atoms with Crippen LogP contribution in [-0.2, 0) is 20.6 Å². The van der Waals surface area contributed by atoms with Gasteiger partial charge in [0.15, 0.2) is 17.0 Å². The highest BCUT2D eigenvalue weighted by molar-refractivity contribution is 7.51. The molecule has 1 amide bonds. The van der Waals surface area contributed by atoms with Gasteiger partial charge in [-0.25, -0.2) is 19.7 Å². The fourth-order valence-corrected chi connectivity index (χ4v) is 2.45. The van der Waals surface area contributed by atoms with E-state index in [9.17, 15) is 9.36 Å². The molecular formula is C13H20N5O6P. The predicted molar refractivity (Wildman–Crippen MR) is 88.0 cm³/mol. The number of carbonyl (C=O) groups is 1. The van der Waals surface area contributed by atoms with Crippen molar-refractivity contribution in [3.8, 4) is 0 Å². The maximum Gasteiger partial charge on any atom is 0.413 e. The Hall–Kier alpha value is -2.07. The van der Waals surface area contributed by atoms with Crippen LogP contribution in [0.25, 0.3) is 11.2 Å². The summed E-state index contributed by atoms with van der Waals surface area (Å²) in [5, 5.41) is 2.51. The largest absolute Gasteiger partial charge is 0.447 e. The highest BCUT2D eigenvalue weighted by Gasteiger charge is 2.18. The molecule has 2 rings (SSSR count). The molecule has 0 aliphatic carbocycles. The minimum absolute atomic E-state index is 0.207. The first-order chi connectivity index (χ1) is 11.7. The third kappa shape index (κ3) is 5.75. The summed E-state index contributed by atoms with van der Waals surface area (Å²) < 4.78 is 22.6. The maximum atomic E-state index is 11.7. The van der Waals surface area contributed by atoms with Gasteiger partial charge in [0.05, 0.1) is 25.1 Å². The van der Waals surface area contributed by atoms with Crippen LogP contribution >= 0.6 is 7.60 Å². The first-order valence-electron chi connectivity index (χ1n) is 7.45. The number of carbonyl (C=O) groups excluding carboxylic acids is 1. The van der Waals surface area contributed by atoms with Crippen LogP contribution in [0, 0.1) is 0 Å². The summed E-state index contributed by atoms with van der Waals surface area (Å²) >= 11 is 0. The van der Waals surface area contributed by atoms with Gasteiger partial charge in [-0.2, -0.15) is 0 Å². The Bertz CT molecular complexity index is 788. The Morgan fingerprint density at radius 3 is 2.68 bits per heavy atom. The van der Waals surface area contributed by atoms with Gasteiger partial charge in [0.2, 0.25) is 0 Å². The van der Waals surface area contributed by atoms with E-state index in [1.165, 1.54) is 12.7 Å². The predicted octanol–water partition coefficient (Wildman–Crippen LogP) is 1.32. The average molecular weight is 373 g/mol. The van der Waals surface area contributed by atoms with Crippen molar-refractivity contribution in [2.45, 2.75) is 39.5 Å². The molecule has 11 nitrogen and oxygen atoms in total. The number of ether oxygens (including phenoxy) is 2. The molecule has 0 aliphatic heterocycles. The van der Waals surface area contributed by atoms with E-state index in [1.54, 1.807) is 25.3 Å². The number of rotatable bonds is 7. The molecule has 0 fully saturated rings. The fraction of sp³-hybridized carbons (Fsp3) is 0.538. The quantitative estimate of drug-likeness (QED) is 0.611. The van der Waals surface area contributed by atoms with Gasteiger partial charge in [0, 0.05) is 0 Å². The first kappa shape index (κ1) is 19.3. The van der Waals surface area contributed by atoms with Crippen molar-refractivity contribution in [1.82, 2.24) is 19.5 Å². The SMILES string of the molecule is CC(C)OC(=O)Nc1ncnc2c1ncn2C[C@@H](C)OCP(=O)(O)O. The van der Waals surface area contributed by atoms with E-state index in [-0.39, 0.29) is 18.5 Å². The van der Waals surface area contributed by atoms with Crippen LogP contribution in [-0.4, -0.2) is 54.0 Å². The Morgan fingerprint density at radius 2 is 2.04 bits per heavy atom. The maximum absolute atomic E-state index is 11.7. The number of fused-ring (bicyclic) bond motifs is 1. The van der Waals surface area contributed by atoms with Crippen molar-refractivity contribution < 1.29 is 28.6 Å². The van der Waals surface area contributed by atoms with Gasteiger partial charge < -0.3 is 23.8 Å². The summed E-state index contributed by atoms with van der Waals surface area (Å²) in [6.45, 7) is 5.39. The Morgan fingerprint density at radius 1 is 1.32 bits per heavy atom. The number of hydrogen-bond acceptors (Lipinski definition) is 7. The van der Waals surface area contributed by atoms with Crippen molar-refractivity contribution in [2.24, 2.45) is 0 Å². The average Bonchev–Trinajstić information content (AvgIpc) is 2.88. The van der Waals surface area contributed by atoms with E-state index < -0.39 is 26.1 Å². The zero-order valence-electron chi connectivity index (χ0n) is 14.0. The molecular weight excluding hydrogens is 353 g/mol. The number of hydrogen-bond donors (Lipinski definition) is 3. The minimum Gasteiger partial charge on any atom is -0.447 e. The number of anilines is 1. The molecule has 2 heterocycles. The molecule has 0 radical (unpaired) electrons. The van der Waals surface area contributed by atoms with Crippen LogP contribution in [0.4, 0.5) is 10.6 Å². The van der Waals surface area contributed by atoms with Gasteiger partial charge in [0.25, 0.3) is 0 Å². The van der Waals surface area contributed by atoms with Crippen LogP contribution in [0.3, 0.4) is 0 Å². The monoisotopic (exact) mass is 373 g/mol. The summed E-state index contributed by atoms with van der Waals surface area (Å²) in [5.41, 5.74) is 0.812. The molecule has 0 bridgehead atoms. The van der Waals surface area contributed by atoms with Gasteiger partial charge >= 0.3 is 13.7 Å². The number of nitrogens with zero attached hydrogens (tertiary/aromatic N) is 4. The summed E-state index contributed by atoms with van der Waals surface area (Å²) in [6.07, 6.45) is 0.679. The van der Waals surface area contributed by atoms with Crippen LogP contribution in [0.5, 0.6) is 0 Å². The number of nitrogens with one attached hydrogen (secondary N) is 1. The summed E-state index contributed by atoms with van der Waals surface area (Å²) in [5.74, 6) is 0.207. The molecule has 2 aromatic heterocycles. The molecule has 0 spiro atoms. The van der Waals surface area contributed by atoms with Gasteiger partial charge in [-0.1, -0.05) is 0 Å². The standard InChI is InChI=1S/C13H20N5O6P/c1-8(2)24-13(19)17-11-10-12(15-5-14-11)18(6-16-10)4-9(3)23-7-25(20,21)22/h5-6,8-9H,4,7H2,1-3H3,(H2,20,21,22)(H,14,15,17,19)/t9-/m1/s1. The molecule has 138 valence electrons. The van der Waals surface area contributed by atoms with E-state index in [0.29, 0.717) is 11.2 Å². The van der Waals surface area contributed by atoms with Crippen LogP contribution in [0.2, 0.25) is 0 Å². The molecule has 0 unspecified atom stereocenters. The first-order valence-corrected chi connectivity index (χ1v) is 9.25. The zero-order chi connectivity index (χ0) is 18.6. The molecule has 12 heteroatoms. The van der Waals surface area contributed by atoms with Gasteiger partial charge in [-0.05, 0) is 20.8 Å². The molecule has 1 atom stereocenters. The van der Waals surface area contributed by atoms with E-state index in [2.05, 4.69) is 20.3 Å². The minimum atomic E-state index is -4.23. The second kappa shape index (κ2) is 7.87. The zero-order valence-corrected chi connectivity index (χ0v) is 14.9. The topological polar surface area (TPSA) is 149 Å². The van der Waals surface area contributed by atoms with Crippen molar-refractivity contribution in [1.29, 1.82) is 0 Å². The highest BCUT2D eigenvalue weighted by Crippen LogP contribution is 2.34. The lowest BCUT2D eigenvalue weighted by molar-refractivity contribution is 0.0764. The second-order valence-corrected chi connectivity index (χ2v) is 7.23. The van der Waals surface area contributed by atoms with Gasteiger partial charge in [-0.15, -0.1) is 0 Å². The molecule has 2 aromatic rings. The summed E-state index contributed by atoms with van der Waals surface area (Å²) in [6, 6.07) is 0. The van der Waals surface area contributed by atoms with Crippen molar-refractivity contribution in [2.75, 3.05) is 11.7 Å². The Kier molecular flexibility index (Phi) is 6.07. The highest BCUT2D eigenvalue weighted by atomic mass is 31.2. The van der Waals surface area contributed by atoms with Crippen LogP contribution in [0.1, 0.15) is 20.8 Å². The number of imidazole rings is 1. The fourth-order valence-electron chi connectivity index (χ4n) is 2.00. The number of aromatic nitrogens is 4. The van der Waals surface area contributed by atoms with Gasteiger partial charge in [-0.3, -0.25) is 9.88 Å². The van der Waals surface area contributed by atoms with Crippen LogP contribution < -0.4 is 5.32 Å². The molecule has 3 N–H and O–H groups in total. The lowest BCUT2D eigenvalue weighted by Crippen LogP contribution is -2.19. The molecule has 0 aromatic carbocycles. The lowest BCUT2D eigenvalue weighted by Gasteiger charge is -2.14. The Balaban J connectivity index is 2.12. The normalized spacial score (nSPS) is 13.2. The third-order valence-corrected chi connectivity index (χ3v) is 3.43. The van der Waals surface area contributed by atoms with Crippen LogP contribution in [0.15, 0.2) is 12.7 Å². The van der Waals surface area contributed by atoms with Gasteiger partial charge in [0.1, 0.15) is 12.7 Å². The van der Waals surface area contributed by atoms with E-state index >= 15 is 0 Å². The number of amides is 1. The summed E-state index contributed by atoms with van der Waals surface area (Å²) in [4.78, 5) is 41.7. The molecule has 0 saturated carbocycles. The second-order valence-electron chi connectivity index (χ2n) is 5.64. The molecule has 0 saturated heterocycles. The van der Waals surface area contributed by atoms with Crippen molar-refractivity contribution >= 4 is 30.7 Å². The molecule has 25 heavy (non-hydrogen) atoms. The third-order valence-electron chi connectivity index (χ3n) is 2.95. The van der Waals surface area contributed by atoms with Crippen molar-refractivity contribution in [3.05, 3.63) is 12.7 Å².